The van der Waals surface area contributed by atoms with Crippen molar-refractivity contribution in [2.45, 2.75) is 20.4 Å². The largest absolute Gasteiger partial charge is 0.384 e. The minimum atomic E-state index is 0.600. The van der Waals surface area contributed by atoms with E-state index in [4.69, 9.17) is 5.73 Å². The Morgan fingerprint density at radius 3 is 2.83 bits per heavy atom. The van der Waals surface area contributed by atoms with E-state index in [0.29, 0.717) is 5.82 Å². The molecule has 1 heterocycles. The van der Waals surface area contributed by atoms with Gasteiger partial charge in [0.2, 0.25) is 0 Å². The van der Waals surface area contributed by atoms with E-state index in [-0.39, 0.29) is 0 Å². The van der Waals surface area contributed by atoms with E-state index in [1.165, 1.54) is 5.56 Å². The summed E-state index contributed by atoms with van der Waals surface area (Å²) in [6, 6.07) is 3.94. The lowest BCUT2D eigenvalue weighted by Crippen LogP contribution is -2.12. The number of pyridine rings is 1. The van der Waals surface area contributed by atoms with E-state index in [9.17, 15) is 0 Å². The van der Waals surface area contributed by atoms with Crippen LogP contribution in [-0.4, -0.2) is 11.5 Å². The van der Waals surface area contributed by atoms with E-state index in [1.54, 1.807) is 0 Å². The molecule has 0 aliphatic carbocycles. The molecular formula is C9H15N3. The second-order valence-electron chi connectivity index (χ2n) is 2.82. The molecule has 3 N–H and O–H groups in total. The zero-order chi connectivity index (χ0) is 8.97. The van der Waals surface area contributed by atoms with Crippen LogP contribution in [0.2, 0.25) is 0 Å². The fourth-order valence-electron chi connectivity index (χ4n) is 1.14. The molecule has 66 valence electrons. The highest BCUT2D eigenvalue weighted by atomic mass is 14.9. The van der Waals surface area contributed by atoms with Gasteiger partial charge >= 0.3 is 0 Å². The van der Waals surface area contributed by atoms with Gasteiger partial charge in [-0.15, -0.1) is 0 Å². The van der Waals surface area contributed by atoms with Crippen LogP contribution >= 0.6 is 0 Å². The summed E-state index contributed by atoms with van der Waals surface area (Å²) in [4.78, 5) is 4.09. The molecule has 0 saturated carbocycles. The number of hydrogen-bond acceptors (Lipinski definition) is 3. The predicted molar refractivity (Wildman–Crippen MR) is 50.8 cm³/mol. The molecule has 0 spiro atoms. The van der Waals surface area contributed by atoms with Crippen molar-refractivity contribution in [1.82, 2.24) is 10.3 Å². The Hall–Kier alpha value is -1.09. The Labute approximate surface area is 73.0 Å². The number of aryl methyl sites for hydroxylation is 1. The molecule has 1 rings (SSSR count). The highest BCUT2D eigenvalue weighted by Crippen LogP contribution is 2.06. The summed E-state index contributed by atoms with van der Waals surface area (Å²) in [5.41, 5.74) is 7.76. The molecule has 0 saturated heterocycles. The Morgan fingerprint density at radius 1 is 1.50 bits per heavy atom. The van der Waals surface area contributed by atoms with Crippen LogP contribution in [0.1, 0.15) is 18.2 Å². The van der Waals surface area contributed by atoms with Crippen LogP contribution in [0.3, 0.4) is 0 Å². The standard InChI is InChI=1S/C9H15N3/c1-3-11-6-8-4-7(2)12-9(10)5-8/h4-5,11H,3,6H2,1-2H3,(H2,10,12). The van der Waals surface area contributed by atoms with Crippen molar-refractivity contribution >= 4 is 5.82 Å². The lowest BCUT2D eigenvalue weighted by molar-refractivity contribution is 0.725. The van der Waals surface area contributed by atoms with E-state index < -0.39 is 0 Å². The Morgan fingerprint density at radius 2 is 2.25 bits per heavy atom. The normalized spacial score (nSPS) is 10.2. The number of anilines is 1. The van der Waals surface area contributed by atoms with Crippen molar-refractivity contribution in [3.63, 3.8) is 0 Å². The summed E-state index contributed by atoms with van der Waals surface area (Å²) in [6.45, 7) is 5.87. The van der Waals surface area contributed by atoms with Crippen LogP contribution in [0.15, 0.2) is 12.1 Å². The summed E-state index contributed by atoms with van der Waals surface area (Å²) in [5, 5.41) is 3.24. The molecule has 3 heteroatoms. The third-order valence-electron chi connectivity index (χ3n) is 1.61. The zero-order valence-electron chi connectivity index (χ0n) is 7.59. The van der Waals surface area contributed by atoms with Crippen LogP contribution in [0.4, 0.5) is 5.82 Å². The van der Waals surface area contributed by atoms with Gasteiger partial charge in [-0.05, 0) is 31.2 Å². The van der Waals surface area contributed by atoms with E-state index in [1.807, 2.05) is 19.1 Å². The number of nitrogen functional groups attached to an aromatic ring is 1. The third-order valence-corrected chi connectivity index (χ3v) is 1.61. The molecule has 0 radical (unpaired) electrons. The molecule has 0 bridgehead atoms. The van der Waals surface area contributed by atoms with Crippen molar-refractivity contribution in [3.8, 4) is 0 Å². The van der Waals surface area contributed by atoms with Gasteiger partial charge in [0.25, 0.3) is 0 Å². The SMILES string of the molecule is CCNCc1cc(C)nc(N)c1. The molecule has 0 fully saturated rings. The third kappa shape index (κ3) is 2.51. The van der Waals surface area contributed by atoms with E-state index >= 15 is 0 Å². The van der Waals surface area contributed by atoms with Gasteiger partial charge in [0.1, 0.15) is 5.82 Å². The molecule has 0 amide bonds. The number of hydrogen-bond donors (Lipinski definition) is 2. The van der Waals surface area contributed by atoms with Crippen molar-refractivity contribution in [1.29, 1.82) is 0 Å². The quantitative estimate of drug-likeness (QED) is 0.704. The molecule has 1 aromatic rings. The fraction of sp³-hybridized carbons (Fsp3) is 0.444. The van der Waals surface area contributed by atoms with Crippen LogP contribution in [-0.2, 0) is 6.54 Å². The molecule has 0 atom stereocenters. The van der Waals surface area contributed by atoms with Crippen LogP contribution in [0.5, 0.6) is 0 Å². The molecule has 0 unspecified atom stereocenters. The van der Waals surface area contributed by atoms with Gasteiger partial charge in [-0.1, -0.05) is 6.92 Å². The van der Waals surface area contributed by atoms with Gasteiger partial charge in [0, 0.05) is 12.2 Å². The summed E-state index contributed by atoms with van der Waals surface area (Å²) in [7, 11) is 0. The van der Waals surface area contributed by atoms with Gasteiger partial charge in [-0.3, -0.25) is 0 Å². The Kier molecular flexibility index (Phi) is 3.05. The second-order valence-corrected chi connectivity index (χ2v) is 2.82. The number of nitrogens with one attached hydrogen (secondary N) is 1. The highest BCUT2D eigenvalue weighted by Gasteiger charge is 1.95. The Bertz CT molecular complexity index is 238. The average molecular weight is 165 g/mol. The van der Waals surface area contributed by atoms with Crippen LogP contribution in [0.25, 0.3) is 0 Å². The summed E-state index contributed by atoms with van der Waals surface area (Å²) < 4.78 is 0. The summed E-state index contributed by atoms with van der Waals surface area (Å²) in [6.07, 6.45) is 0. The van der Waals surface area contributed by atoms with Gasteiger partial charge in [-0.25, -0.2) is 4.98 Å². The number of aromatic nitrogens is 1. The van der Waals surface area contributed by atoms with Gasteiger partial charge < -0.3 is 11.1 Å². The maximum Gasteiger partial charge on any atom is 0.123 e. The van der Waals surface area contributed by atoms with Crippen molar-refractivity contribution < 1.29 is 0 Å². The number of rotatable bonds is 3. The summed E-state index contributed by atoms with van der Waals surface area (Å²) >= 11 is 0. The highest BCUT2D eigenvalue weighted by molar-refractivity contribution is 5.34. The second kappa shape index (κ2) is 4.07. The molecule has 0 aliphatic heterocycles. The lowest BCUT2D eigenvalue weighted by atomic mass is 10.2. The molecule has 1 aromatic heterocycles. The monoisotopic (exact) mass is 165 g/mol. The molecular weight excluding hydrogens is 150 g/mol. The average Bonchev–Trinajstić information content (AvgIpc) is 1.99. The van der Waals surface area contributed by atoms with Gasteiger partial charge in [-0.2, -0.15) is 0 Å². The van der Waals surface area contributed by atoms with Gasteiger partial charge in [0.05, 0.1) is 0 Å². The molecule has 3 nitrogen and oxygen atoms in total. The van der Waals surface area contributed by atoms with Crippen molar-refractivity contribution in [3.05, 3.63) is 23.4 Å². The molecule has 0 aromatic carbocycles. The molecule has 12 heavy (non-hydrogen) atoms. The topological polar surface area (TPSA) is 50.9 Å². The number of nitrogens with two attached hydrogens (primary N) is 1. The Balaban J connectivity index is 2.72. The van der Waals surface area contributed by atoms with Crippen LogP contribution in [0, 0.1) is 6.92 Å². The first kappa shape index (κ1) is 9.00. The van der Waals surface area contributed by atoms with E-state index in [0.717, 1.165) is 18.8 Å². The van der Waals surface area contributed by atoms with Crippen LogP contribution < -0.4 is 11.1 Å². The van der Waals surface area contributed by atoms with Crippen molar-refractivity contribution in [2.24, 2.45) is 0 Å². The smallest absolute Gasteiger partial charge is 0.123 e. The maximum atomic E-state index is 5.59. The van der Waals surface area contributed by atoms with Crippen molar-refractivity contribution in [2.75, 3.05) is 12.3 Å². The lowest BCUT2D eigenvalue weighted by Gasteiger charge is -2.03. The summed E-state index contributed by atoms with van der Waals surface area (Å²) in [5.74, 6) is 0.600. The minimum Gasteiger partial charge on any atom is -0.384 e. The molecule has 0 aliphatic rings. The first-order valence-corrected chi connectivity index (χ1v) is 4.16. The van der Waals surface area contributed by atoms with Gasteiger partial charge in [0.15, 0.2) is 0 Å². The maximum absolute atomic E-state index is 5.59. The number of nitrogens with zero attached hydrogens (tertiary/aromatic N) is 1. The first-order chi connectivity index (χ1) is 5.72. The fourth-order valence-corrected chi connectivity index (χ4v) is 1.14. The first-order valence-electron chi connectivity index (χ1n) is 4.16. The predicted octanol–water partition coefficient (Wildman–Crippen LogP) is 1.08. The minimum absolute atomic E-state index is 0.600. The van der Waals surface area contributed by atoms with E-state index in [2.05, 4.69) is 17.2 Å². The zero-order valence-corrected chi connectivity index (χ0v) is 7.59.